The first-order chi connectivity index (χ1) is 9.29. The van der Waals surface area contributed by atoms with Gasteiger partial charge in [0, 0.05) is 0 Å². The summed E-state index contributed by atoms with van der Waals surface area (Å²) in [6.07, 6.45) is 18.8. The Labute approximate surface area is 119 Å². The van der Waals surface area contributed by atoms with E-state index in [1.165, 1.54) is 12.8 Å². The lowest BCUT2D eigenvalue weighted by atomic mass is 9.46. The molecular formula is C19H32. The van der Waals surface area contributed by atoms with Crippen molar-refractivity contribution in [3.05, 3.63) is 0 Å². The van der Waals surface area contributed by atoms with Crippen LogP contribution in [0, 0.1) is 35.0 Å². The van der Waals surface area contributed by atoms with Crippen molar-refractivity contribution in [3.8, 4) is 0 Å². The summed E-state index contributed by atoms with van der Waals surface area (Å²) in [5, 5.41) is 0. The van der Waals surface area contributed by atoms with Crippen molar-refractivity contribution in [1.82, 2.24) is 0 Å². The van der Waals surface area contributed by atoms with Gasteiger partial charge >= 0.3 is 0 Å². The van der Waals surface area contributed by atoms with E-state index in [0.717, 1.165) is 35.0 Å². The average molecular weight is 260 g/mol. The maximum atomic E-state index is 2.71. The van der Waals surface area contributed by atoms with E-state index in [9.17, 15) is 0 Å². The summed E-state index contributed by atoms with van der Waals surface area (Å²) in [4.78, 5) is 0. The van der Waals surface area contributed by atoms with Crippen molar-refractivity contribution in [3.63, 3.8) is 0 Å². The first-order valence-corrected chi connectivity index (χ1v) is 9.29. The molecule has 6 atom stereocenters. The molecule has 0 unspecified atom stereocenters. The molecular weight excluding hydrogens is 228 g/mol. The maximum Gasteiger partial charge on any atom is -0.0266 e. The van der Waals surface area contributed by atoms with Gasteiger partial charge in [0.2, 0.25) is 0 Å². The fourth-order valence-corrected chi connectivity index (χ4v) is 7.08. The van der Waals surface area contributed by atoms with Crippen LogP contribution >= 0.6 is 0 Å². The Balaban J connectivity index is 1.60. The third kappa shape index (κ3) is 1.92. The fraction of sp³-hybridized carbons (Fsp3) is 1.00. The molecule has 0 N–H and O–H groups in total. The Morgan fingerprint density at radius 3 is 2.47 bits per heavy atom. The summed E-state index contributed by atoms with van der Waals surface area (Å²) in [6.45, 7) is 2.71. The second-order valence-corrected chi connectivity index (χ2v) is 8.58. The average Bonchev–Trinajstić information content (AvgIpc) is 2.46. The standard InChI is InChI=1S/C19H32/c1-19-13-5-4-7-15(19)10-11-17-16-8-3-2-6-14(16)9-12-18(17)19/h14-18H,2-13H2,1H3/t14-,15-,16+,17-,18-,19-/m0/s1. The molecule has 0 nitrogen and oxygen atoms in total. The molecule has 4 saturated carbocycles. The SMILES string of the molecule is C[C@]12CCCC[C@H]1CC[C@H]1[C@@H]3CCCC[C@H]3CC[C@@H]12. The molecule has 0 amide bonds. The van der Waals surface area contributed by atoms with Crippen LogP contribution in [-0.4, -0.2) is 0 Å². The number of hydrogen-bond acceptors (Lipinski definition) is 0. The zero-order valence-corrected chi connectivity index (χ0v) is 12.9. The topological polar surface area (TPSA) is 0 Å². The maximum absolute atomic E-state index is 2.71. The zero-order chi connectivity index (χ0) is 12.9. The largest absolute Gasteiger partial charge is 0.0591 e. The number of rotatable bonds is 0. The molecule has 4 fully saturated rings. The molecule has 0 aromatic rings. The van der Waals surface area contributed by atoms with Gasteiger partial charge in [0.15, 0.2) is 0 Å². The number of fused-ring (bicyclic) bond motifs is 5. The van der Waals surface area contributed by atoms with E-state index < -0.39 is 0 Å². The molecule has 4 aliphatic carbocycles. The molecule has 0 aromatic heterocycles. The third-order valence-corrected chi connectivity index (χ3v) is 8.03. The van der Waals surface area contributed by atoms with Crippen molar-refractivity contribution in [2.75, 3.05) is 0 Å². The molecule has 0 heterocycles. The molecule has 0 aromatic carbocycles. The van der Waals surface area contributed by atoms with Crippen LogP contribution in [0.5, 0.6) is 0 Å². The number of hydrogen-bond donors (Lipinski definition) is 0. The van der Waals surface area contributed by atoms with Gasteiger partial charge in [-0.15, -0.1) is 0 Å². The van der Waals surface area contributed by atoms with Crippen LogP contribution in [-0.2, 0) is 0 Å². The second-order valence-electron chi connectivity index (χ2n) is 8.58. The summed E-state index contributed by atoms with van der Waals surface area (Å²) in [6, 6.07) is 0. The van der Waals surface area contributed by atoms with Gasteiger partial charge in [-0.25, -0.2) is 0 Å². The lowest BCUT2D eigenvalue weighted by Gasteiger charge is -2.59. The van der Waals surface area contributed by atoms with E-state index >= 15 is 0 Å². The minimum absolute atomic E-state index is 0.754. The van der Waals surface area contributed by atoms with E-state index in [1.54, 1.807) is 64.2 Å². The molecule has 19 heavy (non-hydrogen) atoms. The van der Waals surface area contributed by atoms with E-state index in [0.29, 0.717) is 0 Å². The van der Waals surface area contributed by atoms with Crippen molar-refractivity contribution >= 4 is 0 Å². The van der Waals surface area contributed by atoms with Crippen LogP contribution < -0.4 is 0 Å². The molecule has 4 aliphatic rings. The van der Waals surface area contributed by atoms with Crippen molar-refractivity contribution in [2.24, 2.45) is 35.0 Å². The smallest absolute Gasteiger partial charge is 0.0266 e. The van der Waals surface area contributed by atoms with E-state index in [4.69, 9.17) is 0 Å². The predicted octanol–water partition coefficient (Wildman–Crippen LogP) is 5.81. The lowest BCUT2D eigenvalue weighted by molar-refractivity contribution is -0.0968. The predicted molar refractivity (Wildman–Crippen MR) is 81.0 cm³/mol. The van der Waals surface area contributed by atoms with Gasteiger partial charge in [-0.2, -0.15) is 0 Å². The van der Waals surface area contributed by atoms with Crippen LogP contribution in [0.3, 0.4) is 0 Å². The molecule has 0 bridgehead atoms. The van der Waals surface area contributed by atoms with Gasteiger partial charge in [-0.1, -0.05) is 39.0 Å². The van der Waals surface area contributed by atoms with Gasteiger partial charge < -0.3 is 0 Å². The molecule has 0 aliphatic heterocycles. The van der Waals surface area contributed by atoms with Gasteiger partial charge in [0.05, 0.1) is 0 Å². The molecule has 0 heteroatoms. The molecule has 0 saturated heterocycles. The zero-order valence-electron chi connectivity index (χ0n) is 12.9. The summed E-state index contributed by atoms with van der Waals surface area (Å²) in [7, 11) is 0. The van der Waals surface area contributed by atoms with E-state index in [-0.39, 0.29) is 0 Å². The molecule has 0 spiro atoms. The van der Waals surface area contributed by atoms with Gasteiger partial charge in [-0.3, -0.25) is 0 Å². The van der Waals surface area contributed by atoms with Crippen molar-refractivity contribution < 1.29 is 0 Å². The van der Waals surface area contributed by atoms with Crippen LogP contribution in [0.1, 0.15) is 84.0 Å². The van der Waals surface area contributed by atoms with E-state index in [2.05, 4.69) is 6.92 Å². The lowest BCUT2D eigenvalue weighted by Crippen LogP contribution is -2.51. The summed E-state index contributed by atoms with van der Waals surface area (Å²) >= 11 is 0. The summed E-state index contributed by atoms with van der Waals surface area (Å²) in [5.41, 5.74) is 0.754. The second kappa shape index (κ2) is 4.78. The van der Waals surface area contributed by atoms with Gasteiger partial charge in [0.1, 0.15) is 0 Å². The Bertz CT molecular complexity index is 333. The Morgan fingerprint density at radius 2 is 1.53 bits per heavy atom. The van der Waals surface area contributed by atoms with Crippen molar-refractivity contribution in [1.29, 1.82) is 0 Å². The third-order valence-electron chi connectivity index (χ3n) is 8.03. The first-order valence-electron chi connectivity index (χ1n) is 9.29. The fourth-order valence-electron chi connectivity index (χ4n) is 7.08. The highest BCUT2D eigenvalue weighted by molar-refractivity contribution is 5.02. The monoisotopic (exact) mass is 260 g/mol. The van der Waals surface area contributed by atoms with Crippen LogP contribution in [0.2, 0.25) is 0 Å². The highest BCUT2D eigenvalue weighted by Gasteiger charge is 2.53. The summed E-state index contributed by atoms with van der Waals surface area (Å²) < 4.78 is 0. The first kappa shape index (κ1) is 12.7. The van der Waals surface area contributed by atoms with Crippen molar-refractivity contribution in [2.45, 2.75) is 84.0 Å². The minimum Gasteiger partial charge on any atom is -0.0591 e. The molecule has 4 rings (SSSR count). The highest BCUT2D eigenvalue weighted by Crippen LogP contribution is 2.62. The molecule has 0 radical (unpaired) electrons. The minimum atomic E-state index is 0.754. The van der Waals surface area contributed by atoms with Crippen LogP contribution in [0.25, 0.3) is 0 Å². The Hall–Kier alpha value is 0. The summed E-state index contributed by atoms with van der Waals surface area (Å²) in [5.74, 6) is 5.64. The van der Waals surface area contributed by atoms with E-state index in [1.807, 2.05) is 0 Å². The Morgan fingerprint density at radius 1 is 0.684 bits per heavy atom. The Kier molecular flexibility index (Phi) is 3.20. The molecule has 108 valence electrons. The van der Waals surface area contributed by atoms with Gasteiger partial charge in [-0.05, 0) is 80.0 Å². The normalized spacial score (nSPS) is 53.8. The van der Waals surface area contributed by atoms with Crippen LogP contribution in [0.4, 0.5) is 0 Å². The highest BCUT2D eigenvalue weighted by atomic mass is 14.6. The van der Waals surface area contributed by atoms with Crippen LogP contribution in [0.15, 0.2) is 0 Å². The van der Waals surface area contributed by atoms with Gasteiger partial charge in [0.25, 0.3) is 0 Å². The quantitative estimate of drug-likeness (QED) is 0.515.